The van der Waals surface area contributed by atoms with E-state index in [4.69, 9.17) is 4.74 Å². The third-order valence-corrected chi connectivity index (χ3v) is 4.15. The van der Waals surface area contributed by atoms with Crippen molar-refractivity contribution >= 4 is 11.6 Å². The molecule has 3 rings (SSSR count). The van der Waals surface area contributed by atoms with Crippen LogP contribution in [0, 0.1) is 10.1 Å². The smallest absolute Gasteiger partial charge is 0.271 e. The Morgan fingerprint density at radius 1 is 1.21 bits per heavy atom. The second-order valence-electron chi connectivity index (χ2n) is 6.09. The van der Waals surface area contributed by atoms with E-state index in [1.54, 1.807) is 37.4 Å². The van der Waals surface area contributed by atoms with Crippen LogP contribution < -0.4 is 10.1 Å². The van der Waals surface area contributed by atoms with Crippen molar-refractivity contribution < 1.29 is 14.5 Å². The predicted octanol–water partition coefficient (Wildman–Crippen LogP) is 3.60. The molecule has 144 valence electrons. The Labute approximate surface area is 161 Å². The van der Waals surface area contributed by atoms with Gasteiger partial charge in [-0.25, -0.2) is 4.68 Å². The van der Waals surface area contributed by atoms with E-state index in [0.29, 0.717) is 29.4 Å². The van der Waals surface area contributed by atoms with Gasteiger partial charge in [0.1, 0.15) is 11.4 Å². The minimum Gasteiger partial charge on any atom is -0.497 e. The summed E-state index contributed by atoms with van der Waals surface area (Å²) >= 11 is 0. The maximum atomic E-state index is 12.6. The van der Waals surface area contributed by atoms with E-state index in [2.05, 4.69) is 10.4 Å². The fraction of sp³-hybridized carbons (Fsp3) is 0.200. The molecule has 0 atom stereocenters. The largest absolute Gasteiger partial charge is 0.497 e. The Morgan fingerprint density at radius 3 is 2.61 bits per heavy atom. The topological polar surface area (TPSA) is 99.3 Å². The highest BCUT2D eigenvalue weighted by Gasteiger charge is 2.19. The van der Waals surface area contributed by atoms with Crippen LogP contribution >= 0.6 is 0 Å². The number of hydrogen-bond acceptors (Lipinski definition) is 5. The van der Waals surface area contributed by atoms with Crippen molar-refractivity contribution in [3.8, 4) is 22.7 Å². The number of benzene rings is 2. The first-order chi connectivity index (χ1) is 13.5. The molecule has 3 aromatic rings. The van der Waals surface area contributed by atoms with E-state index in [9.17, 15) is 14.9 Å². The quantitative estimate of drug-likeness (QED) is 0.499. The molecule has 0 fully saturated rings. The summed E-state index contributed by atoms with van der Waals surface area (Å²) in [6.07, 6.45) is 0.794. The van der Waals surface area contributed by atoms with Crippen LogP contribution in [0.25, 0.3) is 16.9 Å². The SMILES string of the molecule is CCCNC(=O)c1cc(-c2ccc(OC)cc2)nn1-c1cccc([N+](=O)[O-])c1. The van der Waals surface area contributed by atoms with Gasteiger partial charge in [-0.3, -0.25) is 14.9 Å². The molecule has 0 aliphatic rings. The molecule has 0 aliphatic carbocycles. The van der Waals surface area contributed by atoms with Gasteiger partial charge in [0.25, 0.3) is 11.6 Å². The van der Waals surface area contributed by atoms with Crippen LogP contribution in [-0.4, -0.2) is 34.3 Å². The van der Waals surface area contributed by atoms with Crippen molar-refractivity contribution in [1.82, 2.24) is 15.1 Å². The molecule has 0 spiro atoms. The molecule has 0 radical (unpaired) electrons. The highest BCUT2D eigenvalue weighted by molar-refractivity contribution is 5.94. The van der Waals surface area contributed by atoms with Crippen molar-refractivity contribution in [3.63, 3.8) is 0 Å². The number of nitrogens with one attached hydrogen (secondary N) is 1. The fourth-order valence-corrected chi connectivity index (χ4v) is 2.71. The minimum absolute atomic E-state index is 0.0705. The van der Waals surface area contributed by atoms with Crippen molar-refractivity contribution in [3.05, 3.63) is 70.4 Å². The standard InChI is InChI=1S/C20H20N4O4/c1-3-11-21-20(25)19-13-18(14-7-9-17(28-2)10-8-14)22-23(19)15-5-4-6-16(12-15)24(26)27/h4-10,12-13H,3,11H2,1-2H3,(H,21,25). The normalized spacial score (nSPS) is 10.5. The highest BCUT2D eigenvalue weighted by atomic mass is 16.6. The molecule has 28 heavy (non-hydrogen) atoms. The zero-order valence-corrected chi connectivity index (χ0v) is 15.6. The van der Waals surface area contributed by atoms with Crippen LogP contribution in [0.5, 0.6) is 5.75 Å². The lowest BCUT2D eigenvalue weighted by molar-refractivity contribution is -0.384. The summed E-state index contributed by atoms with van der Waals surface area (Å²) in [5.74, 6) is 0.420. The van der Waals surface area contributed by atoms with Crippen LogP contribution in [0.2, 0.25) is 0 Å². The number of nitro benzene ring substituents is 1. The predicted molar refractivity (Wildman–Crippen MR) is 105 cm³/mol. The number of aromatic nitrogens is 2. The number of non-ortho nitro benzene ring substituents is 1. The van der Waals surface area contributed by atoms with Crippen molar-refractivity contribution in [2.75, 3.05) is 13.7 Å². The molecule has 2 aromatic carbocycles. The van der Waals surface area contributed by atoms with Crippen LogP contribution in [0.15, 0.2) is 54.6 Å². The molecule has 8 heteroatoms. The van der Waals surface area contributed by atoms with E-state index in [1.165, 1.54) is 16.8 Å². The number of rotatable bonds is 7. The molecule has 1 aromatic heterocycles. The summed E-state index contributed by atoms with van der Waals surface area (Å²) in [5.41, 5.74) is 2.06. The van der Waals surface area contributed by atoms with Gasteiger partial charge in [-0.15, -0.1) is 0 Å². The second-order valence-corrected chi connectivity index (χ2v) is 6.09. The monoisotopic (exact) mass is 380 g/mol. The van der Waals surface area contributed by atoms with E-state index in [1.807, 2.05) is 19.1 Å². The highest BCUT2D eigenvalue weighted by Crippen LogP contribution is 2.25. The number of nitro groups is 1. The van der Waals surface area contributed by atoms with E-state index in [0.717, 1.165) is 12.0 Å². The van der Waals surface area contributed by atoms with Crippen LogP contribution in [0.4, 0.5) is 5.69 Å². The summed E-state index contributed by atoms with van der Waals surface area (Å²) in [4.78, 5) is 23.3. The Hall–Kier alpha value is -3.68. The summed E-state index contributed by atoms with van der Waals surface area (Å²) < 4.78 is 6.60. The van der Waals surface area contributed by atoms with Crippen molar-refractivity contribution in [2.24, 2.45) is 0 Å². The number of carbonyl (C=O) groups excluding carboxylic acids is 1. The Kier molecular flexibility index (Phi) is 5.69. The lowest BCUT2D eigenvalue weighted by Crippen LogP contribution is -2.26. The van der Waals surface area contributed by atoms with Gasteiger partial charge in [0.15, 0.2) is 0 Å². The Bertz CT molecular complexity index is 996. The first-order valence-corrected chi connectivity index (χ1v) is 8.81. The summed E-state index contributed by atoms with van der Waals surface area (Å²) in [6, 6.07) is 15.0. The van der Waals surface area contributed by atoms with Gasteiger partial charge in [-0.1, -0.05) is 13.0 Å². The molecule has 0 unspecified atom stereocenters. The molecule has 1 heterocycles. The maximum absolute atomic E-state index is 12.6. The van der Waals surface area contributed by atoms with Crippen LogP contribution in [0.1, 0.15) is 23.8 Å². The van der Waals surface area contributed by atoms with E-state index in [-0.39, 0.29) is 11.6 Å². The van der Waals surface area contributed by atoms with Crippen LogP contribution in [-0.2, 0) is 0 Å². The first-order valence-electron chi connectivity index (χ1n) is 8.81. The van der Waals surface area contributed by atoms with E-state index < -0.39 is 4.92 Å². The van der Waals surface area contributed by atoms with Gasteiger partial charge in [0.05, 0.1) is 23.4 Å². The molecule has 0 saturated heterocycles. The van der Waals surface area contributed by atoms with Gasteiger partial charge in [0.2, 0.25) is 0 Å². The van der Waals surface area contributed by atoms with Gasteiger partial charge in [-0.2, -0.15) is 5.10 Å². The van der Waals surface area contributed by atoms with Gasteiger partial charge < -0.3 is 10.1 Å². The number of hydrogen-bond donors (Lipinski definition) is 1. The summed E-state index contributed by atoms with van der Waals surface area (Å²) in [7, 11) is 1.59. The molecule has 0 saturated carbocycles. The average Bonchev–Trinajstić information content (AvgIpc) is 3.17. The molecule has 1 N–H and O–H groups in total. The molecule has 0 aliphatic heterocycles. The third kappa shape index (κ3) is 4.01. The third-order valence-electron chi connectivity index (χ3n) is 4.15. The molecular formula is C20H20N4O4. The maximum Gasteiger partial charge on any atom is 0.271 e. The molecule has 0 bridgehead atoms. The zero-order valence-electron chi connectivity index (χ0n) is 15.6. The lowest BCUT2D eigenvalue weighted by atomic mass is 10.1. The minimum atomic E-state index is -0.478. The first kappa shape index (κ1) is 19.1. The van der Waals surface area contributed by atoms with Crippen molar-refractivity contribution in [1.29, 1.82) is 0 Å². The van der Waals surface area contributed by atoms with E-state index >= 15 is 0 Å². The number of nitrogens with zero attached hydrogens (tertiary/aromatic N) is 3. The number of amides is 1. The second kappa shape index (κ2) is 8.34. The number of methoxy groups -OCH3 is 1. The Morgan fingerprint density at radius 2 is 1.96 bits per heavy atom. The van der Waals surface area contributed by atoms with Crippen molar-refractivity contribution in [2.45, 2.75) is 13.3 Å². The molecule has 1 amide bonds. The van der Waals surface area contributed by atoms with Gasteiger partial charge >= 0.3 is 0 Å². The number of carbonyl (C=O) groups is 1. The lowest BCUT2D eigenvalue weighted by Gasteiger charge is -2.07. The zero-order chi connectivity index (χ0) is 20.1. The molecule has 8 nitrogen and oxygen atoms in total. The summed E-state index contributed by atoms with van der Waals surface area (Å²) in [6.45, 7) is 2.48. The summed E-state index contributed by atoms with van der Waals surface area (Å²) in [5, 5.41) is 18.5. The van der Waals surface area contributed by atoms with Gasteiger partial charge in [0, 0.05) is 24.2 Å². The molecular weight excluding hydrogens is 360 g/mol. The fourth-order valence-electron chi connectivity index (χ4n) is 2.71. The average molecular weight is 380 g/mol. The van der Waals surface area contributed by atoms with Gasteiger partial charge in [-0.05, 0) is 42.8 Å². The number of ether oxygens (including phenoxy) is 1. The Balaban J connectivity index is 2.08. The van der Waals surface area contributed by atoms with Crippen LogP contribution in [0.3, 0.4) is 0 Å².